The molecule has 0 heterocycles. The monoisotopic (exact) mass is 193 g/mol. The lowest BCUT2D eigenvalue weighted by atomic mass is 9.99. The number of nitrogens with two attached hydrogens (primary N) is 1. The summed E-state index contributed by atoms with van der Waals surface area (Å²) in [5, 5.41) is 0. The Morgan fingerprint density at radius 3 is 2.42 bits per heavy atom. The zero-order chi connectivity index (χ0) is 8.48. The van der Waals surface area contributed by atoms with E-state index in [-0.39, 0.29) is 29.8 Å². The highest BCUT2D eigenvalue weighted by Crippen LogP contribution is 2.48. The first-order valence-corrected chi connectivity index (χ1v) is 4.06. The molecule has 4 heteroatoms. The van der Waals surface area contributed by atoms with Crippen molar-refractivity contribution in [3.05, 3.63) is 0 Å². The Balaban J connectivity index is 0.00000121. The van der Waals surface area contributed by atoms with Crippen molar-refractivity contribution in [2.45, 2.75) is 32.7 Å². The van der Waals surface area contributed by atoms with Crippen LogP contribution in [0.25, 0.3) is 0 Å². The minimum Gasteiger partial charge on any atom is -0.466 e. The van der Waals surface area contributed by atoms with Crippen molar-refractivity contribution in [1.29, 1.82) is 0 Å². The maximum Gasteiger partial charge on any atom is 0.313 e. The molecule has 0 bridgehead atoms. The average Bonchev–Trinajstić information content (AvgIpc) is 2.66. The van der Waals surface area contributed by atoms with E-state index < -0.39 is 0 Å². The van der Waals surface area contributed by atoms with E-state index in [2.05, 4.69) is 0 Å². The average molecular weight is 194 g/mol. The van der Waals surface area contributed by atoms with E-state index in [9.17, 15) is 4.79 Å². The highest BCUT2D eigenvalue weighted by Gasteiger charge is 2.54. The molecule has 1 unspecified atom stereocenters. The molecule has 12 heavy (non-hydrogen) atoms. The largest absolute Gasteiger partial charge is 0.466 e. The summed E-state index contributed by atoms with van der Waals surface area (Å²) in [6.07, 6.45) is 1.78. The van der Waals surface area contributed by atoms with E-state index in [0.717, 1.165) is 12.8 Å². The normalized spacial score (nSPS) is 20.6. The molecule has 1 atom stereocenters. The van der Waals surface area contributed by atoms with Crippen molar-refractivity contribution < 1.29 is 9.53 Å². The second kappa shape index (κ2) is 4.10. The summed E-state index contributed by atoms with van der Waals surface area (Å²) >= 11 is 0. The third kappa shape index (κ3) is 1.90. The third-order valence-corrected chi connectivity index (χ3v) is 2.34. The van der Waals surface area contributed by atoms with Crippen LogP contribution in [-0.4, -0.2) is 18.6 Å². The van der Waals surface area contributed by atoms with Gasteiger partial charge in [-0.2, -0.15) is 0 Å². The summed E-state index contributed by atoms with van der Waals surface area (Å²) in [6, 6.07) is -0.0680. The number of halogens is 1. The van der Waals surface area contributed by atoms with Gasteiger partial charge in [-0.15, -0.1) is 12.4 Å². The SMILES string of the molecule is CCOC(=O)C1(C(C)N)CC1.Cl. The molecular weight excluding hydrogens is 178 g/mol. The zero-order valence-electron chi connectivity index (χ0n) is 7.50. The second-order valence-corrected chi connectivity index (χ2v) is 3.17. The molecule has 0 aliphatic heterocycles. The van der Waals surface area contributed by atoms with Crippen LogP contribution in [0.1, 0.15) is 26.7 Å². The Morgan fingerprint density at radius 2 is 2.17 bits per heavy atom. The molecule has 0 aromatic heterocycles. The lowest BCUT2D eigenvalue weighted by Gasteiger charge is -2.16. The summed E-state index contributed by atoms with van der Waals surface area (Å²) in [7, 11) is 0. The molecule has 3 nitrogen and oxygen atoms in total. The zero-order valence-corrected chi connectivity index (χ0v) is 8.32. The first-order chi connectivity index (χ1) is 5.13. The summed E-state index contributed by atoms with van der Waals surface area (Å²) in [6.45, 7) is 4.13. The van der Waals surface area contributed by atoms with Crippen LogP contribution in [0.15, 0.2) is 0 Å². The molecule has 0 aromatic carbocycles. The van der Waals surface area contributed by atoms with Crippen LogP contribution in [-0.2, 0) is 9.53 Å². The number of hydrogen-bond donors (Lipinski definition) is 1. The fourth-order valence-corrected chi connectivity index (χ4v) is 1.25. The number of hydrogen-bond acceptors (Lipinski definition) is 3. The number of rotatable bonds is 3. The first kappa shape index (κ1) is 11.7. The molecule has 0 aromatic rings. The molecule has 0 amide bonds. The predicted octanol–water partition coefficient (Wildman–Crippen LogP) is 1.10. The van der Waals surface area contributed by atoms with E-state index in [1.165, 1.54) is 0 Å². The molecule has 0 spiro atoms. The van der Waals surface area contributed by atoms with Crippen molar-refractivity contribution in [2.24, 2.45) is 11.1 Å². The van der Waals surface area contributed by atoms with Gasteiger partial charge in [0.05, 0.1) is 12.0 Å². The van der Waals surface area contributed by atoms with Crippen molar-refractivity contribution in [3.8, 4) is 0 Å². The number of esters is 1. The quantitative estimate of drug-likeness (QED) is 0.683. The summed E-state index contributed by atoms with van der Waals surface area (Å²) in [5.74, 6) is -0.116. The Morgan fingerprint density at radius 1 is 1.67 bits per heavy atom. The molecule has 1 aliphatic carbocycles. The van der Waals surface area contributed by atoms with E-state index in [4.69, 9.17) is 10.5 Å². The maximum atomic E-state index is 11.3. The first-order valence-electron chi connectivity index (χ1n) is 4.06. The fourth-order valence-electron chi connectivity index (χ4n) is 1.25. The molecule has 2 N–H and O–H groups in total. The topological polar surface area (TPSA) is 52.3 Å². The van der Waals surface area contributed by atoms with Gasteiger partial charge in [-0.1, -0.05) is 0 Å². The van der Waals surface area contributed by atoms with Crippen LogP contribution in [0.2, 0.25) is 0 Å². The summed E-state index contributed by atoms with van der Waals surface area (Å²) < 4.78 is 4.91. The lowest BCUT2D eigenvalue weighted by molar-refractivity contribution is -0.150. The van der Waals surface area contributed by atoms with Crippen molar-refractivity contribution >= 4 is 18.4 Å². The van der Waals surface area contributed by atoms with E-state index in [1.807, 2.05) is 13.8 Å². The highest BCUT2D eigenvalue weighted by molar-refractivity contribution is 5.85. The molecule has 72 valence electrons. The molecule has 1 fully saturated rings. The van der Waals surface area contributed by atoms with Gasteiger partial charge in [-0.05, 0) is 26.7 Å². The Hall–Kier alpha value is -0.280. The van der Waals surface area contributed by atoms with Crippen LogP contribution in [0.3, 0.4) is 0 Å². The van der Waals surface area contributed by atoms with Crippen molar-refractivity contribution in [1.82, 2.24) is 0 Å². The molecule has 1 saturated carbocycles. The maximum absolute atomic E-state index is 11.3. The predicted molar refractivity (Wildman–Crippen MR) is 49.2 cm³/mol. The van der Waals surface area contributed by atoms with Gasteiger partial charge in [0, 0.05) is 6.04 Å². The molecule has 1 aliphatic rings. The van der Waals surface area contributed by atoms with Gasteiger partial charge < -0.3 is 10.5 Å². The fraction of sp³-hybridized carbons (Fsp3) is 0.875. The van der Waals surface area contributed by atoms with Crippen molar-refractivity contribution in [2.75, 3.05) is 6.61 Å². The van der Waals surface area contributed by atoms with Crippen LogP contribution < -0.4 is 5.73 Å². The van der Waals surface area contributed by atoms with Crippen molar-refractivity contribution in [3.63, 3.8) is 0 Å². The smallest absolute Gasteiger partial charge is 0.313 e. The van der Waals surface area contributed by atoms with Crippen LogP contribution in [0.5, 0.6) is 0 Å². The third-order valence-electron chi connectivity index (χ3n) is 2.34. The standard InChI is InChI=1S/C8H15NO2.ClH/c1-3-11-7(10)8(4-5-8)6(2)9;/h6H,3-5,9H2,1-2H3;1H. The van der Waals surface area contributed by atoms with E-state index in [0.29, 0.717) is 6.61 Å². The minimum absolute atomic E-state index is 0. The number of carbonyl (C=O) groups excluding carboxylic acids is 1. The van der Waals surface area contributed by atoms with Gasteiger partial charge in [0.2, 0.25) is 0 Å². The summed E-state index contributed by atoms with van der Waals surface area (Å²) in [5.41, 5.74) is 5.34. The van der Waals surface area contributed by atoms with E-state index >= 15 is 0 Å². The van der Waals surface area contributed by atoms with Crippen LogP contribution >= 0.6 is 12.4 Å². The summed E-state index contributed by atoms with van der Waals surface area (Å²) in [4.78, 5) is 11.3. The van der Waals surface area contributed by atoms with Crippen LogP contribution in [0.4, 0.5) is 0 Å². The Bertz CT molecular complexity index is 166. The second-order valence-electron chi connectivity index (χ2n) is 3.17. The Kier molecular flexibility index (Phi) is 4.00. The highest BCUT2D eigenvalue weighted by atomic mass is 35.5. The van der Waals surface area contributed by atoms with Gasteiger partial charge >= 0.3 is 5.97 Å². The minimum atomic E-state index is -0.323. The number of carbonyl (C=O) groups is 1. The lowest BCUT2D eigenvalue weighted by Crippen LogP contribution is -2.36. The molecular formula is C8H16ClNO2. The molecule has 0 saturated heterocycles. The van der Waals surface area contributed by atoms with Gasteiger partial charge in [0.15, 0.2) is 0 Å². The Labute approximate surface area is 79.1 Å². The van der Waals surface area contributed by atoms with Gasteiger partial charge in [0.1, 0.15) is 0 Å². The van der Waals surface area contributed by atoms with Gasteiger partial charge in [-0.3, -0.25) is 4.79 Å². The molecule has 1 rings (SSSR count). The van der Waals surface area contributed by atoms with Gasteiger partial charge in [0.25, 0.3) is 0 Å². The number of ether oxygens (including phenoxy) is 1. The van der Waals surface area contributed by atoms with Crippen LogP contribution in [0, 0.1) is 5.41 Å². The van der Waals surface area contributed by atoms with Gasteiger partial charge in [-0.25, -0.2) is 0 Å². The molecule has 0 radical (unpaired) electrons. The van der Waals surface area contributed by atoms with E-state index in [1.54, 1.807) is 0 Å².